The first-order valence-electron chi connectivity index (χ1n) is 6.15. The molecule has 3 rings (SSSR count). The minimum Gasteiger partial charge on any atom is -0.378 e. The van der Waals surface area contributed by atoms with E-state index >= 15 is 0 Å². The molecule has 0 bridgehead atoms. The van der Waals surface area contributed by atoms with Crippen LogP contribution in [0.1, 0.15) is 25.7 Å². The highest BCUT2D eigenvalue weighted by atomic mass is 16.5. The lowest BCUT2D eigenvalue weighted by Crippen LogP contribution is -2.32. The molecule has 18 heavy (non-hydrogen) atoms. The molecule has 96 valence electrons. The average molecular weight is 249 g/mol. The van der Waals surface area contributed by atoms with Gasteiger partial charge in [-0.3, -0.25) is 5.10 Å². The lowest BCUT2D eigenvalue weighted by Gasteiger charge is -2.33. The fraction of sp³-hybridized carbons (Fsp3) is 0.636. The van der Waals surface area contributed by atoms with Gasteiger partial charge in [-0.25, -0.2) is 4.98 Å². The van der Waals surface area contributed by atoms with Crippen LogP contribution in [-0.2, 0) is 11.2 Å². The number of ether oxygens (including phenoxy) is 1. The summed E-state index contributed by atoms with van der Waals surface area (Å²) in [7, 11) is 0. The highest BCUT2D eigenvalue weighted by Gasteiger charge is 2.31. The molecule has 1 saturated carbocycles. The van der Waals surface area contributed by atoms with E-state index in [1.165, 1.54) is 6.33 Å². The van der Waals surface area contributed by atoms with Gasteiger partial charge < -0.3 is 9.26 Å². The van der Waals surface area contributed by atoms with Crippen LogP contribution in [0.25, 0.3) is 11.6 Å². The van der Waals surface area contributed by atoms with E-state index in [4.69, 9.17) is 9.26 Å². The van der Waals surface area contributed by atoms with E-state index < -0.39 is 0 Å². The Kier molecular flexibility index (Phi) is 3.06. The number of aromatic amines is 1. The largest absolute Gasteiger partial charge is 0.378 e. The van der Waals surface area contributed by atoms with Crippen molar-refractivity contribution in [3.8, 4) is 11.6 Å². The third-order valence-electron chi connectivity index (χ3n) is 3.15. The fourth-order valence-electron chi connectivity index (χ4n) is 2.21. The van der Waals surface area contributed by atoms with Gasteiger partial charge in [-0.2, -0.15) is 10.1 Å². The van der Waals surface area contributed by atoms with E-state index in [-0.39, 0.29) is 0 Å². The molecule has 0 unspecified atom stereocenters. The Balaban J connectivity index is 1.56. The molecule has 0 aliphatic heterocycles. The molecule has 1 N–H and O–H groups in total. The number of aromatic nitrogens is 5. The molecule has 7 heteroatoms. The van der Waals surface area contributed by atoms with Gasteiger partial charge >= 0.3 is 0 Å². The van der Waals surface area contributed by atoms with Gasteiger partial charge in [0.05, 0.1) is 6.10 Å². The molecule has 2 aromatic rings. The van der Waals surface area contributed by atoms with Crippen molar-refractivity contribution in [3.05, 3.63) is 12.2 Å². The molecule has 0 amide bonds. The van der Waals surface area contributed by atoms with Crippen molar-refractivity contribution in [2.75, 3.05) is 6.61 Å². The Labute approximate surface area is 104 Å². The molecule has 0 radical (unpaired) electrons. The second-order valence-corrected chi connectivity index (χ2v) is 4.46. The van der Waals surface area contributed by atoms with Gasteiger partial charge in [0.1, 0.15) is 6.33 Å². The zero-order chi connectivity index (χ0) is 12.4. The predicted molar refractivity (Wildman–Crippen MR) is 61.5 cm³/mol. The minimum absolute atomic E-state index is 0.414. The maximum atomic E-state index is 5.52. The quantitative estimate of drug-likeness (QED) is 0.856. The number of rotatable bonds is 5. The molecule has 0 spiro atoms. The van der Waals surface area contributed by atoms with Crippen LogP contribution >= 0.6 is 0 Å². The van der Waals surface area contributed by atoms with Gasteiger partial charge in [0, 0.05) is 13.0 Å². The molecule has 1 aliphatic carbocycles. The van der Waals surface area contributed by atoms with Crippen LogP contribution in [0.15, 0.2) is 10.9 Å². The van der Waals surface area contributed by atoms with Gasteiger partial charge in [0.25, 0.3) is 0 Å². The lowest BCUT2D eigenvalue weighted by atomic mass is 9.80. The number of hydrogen-bond acceptors (Lipinski definition) is 6. The SMILES string of the molecule is CCOC1CC(Cc2nc(-c3ncn[nH]3)no2)C1. The fourth-order valence-corrected chi connectivity index (χ4v) is 2.21. The first-order chi connectivity index (χ1) is 8.85. The zero-order valence-corrected chi connectivity index (χ0v) is 10.2. The molecule has 2 heterocycles. The first kappa shape index (κ1) is 11.3. The molecule has 1 aliphatic rings. The Morgan fingerprint density at radius 3 is 3.11 bits per heavy atom. The molecule has 0 saturated heterocycles. The van der Waals surface area contributed by atoms with Crippen LogP contribution < -0.4 is 0 Å². The maximum Gasteiger partial charge on any atom is 0.239 e. The van der Waals surface area contributed by atoms with E-state index in [0.717, 1.165) is 25.9 Å². The van der Waals surface area contributed by atoms with Crippen LogP contribution in [0.4, 0.5) is 0 Å². The summed E-state index contributed by atoms with van der Waals surface area (Å²) < 4.78 is 10.7. The van der Waals surface area contributed by atoms with Crippen molar-refractivity contribution in [1.82, 2.24) is 25.3 Å². The second kappa shape index (κ2) is 4.85. The molecule has 2 aromatic heterocycles. The van der Waals surface area contributed by atoms with Gasteiger partial charge in [-0.15, -0.1) is 0 Å². The Hall–Kier alpha value is -1.76. The molecule has 1 fully saturated rings. The normalized spacial score (nSPS) is 22.9. The number of hydrogen-bond donors (Lipinski definition) is 1. The zero-order valence-electron chi connectivity index (χ0n) is 10.2. The van der Waals surface area contributed by atoms with Crippen molar-refractivity contribution in [1.29, 1.82) is 0 Å². The predicted octanol–water partition coefficient (Wildman–Crippen LogP) is 1.21. The molecule has 7 nitrogen and oxygen atoms in total. The van der Waals surface area contributed by atoms with Crippen LogP contribution in [0.3, 0.4) is 0 Å². The molecule has 0 aromatic carbocycles. The Morgan fingerprint density at radius 2 is 2.39 bits per heavy atom. The molecule has 0 atom stereocenters. The third-order valence-corrected chi connectivity index (χ3v) is 3.15. The topological polar surface area (TPSA) is 89.7 Å². The maximum absolute atomic E-state index is 5.52. The standard InChI is InChI=1S/C11H15N5O2/c1-2-17-8-3-7(4-8)5-9-14-11(16-18-9)10-12-6-13-15-10/h6-8H,2-5H2,1H3,(H,12,13,15). The summed E-state index contributed by atoms with van der Waals surface area (Å²) in [6.07, 6.45) is 4.80. The van der Waals surface area contributed by atoms with Gasteiger partial charge in [0.15, 0.2) is 5.82 Å². The molecular formula is C11H15N5O2. The number of H-pyrrole nitrogens is 1. The lowest BCUT2D eigenvalue weighted by molar-refractivity contribution is -0.0258. The van der Waals surface area contributed by atoms with Crippen molar-refractivity contribution < 1.29 is 9.26 Å². The van der Waals surface area contributed by atoms with E-state index in [1.807, 2.05) is 6.92 Å². The summed E-state index contributed by atoms with van der Waals surface area (Å²) in [5.74, 6) is 2.24. The number of nitrogens with zero attached hydrogens (tertiary/aromatic N) is 4. The van der Waals surface area contributed by atoms with Crippen molar-refractivity contribution in [2.24, 2.45) is 5.92 Å². The Bertz CT molecular complexity index is 489. The molecular weight excluding hydrogens is 234 g/mol. The highest BCUT2D eigenvalue weighted by molar-refractivity contribution is 5.39. The van der Waals surface area contributed by atoms with Gasteiger partial charge in [-0.05, 0) is 25.7 Å². The minimum atomic E-state index is 0.414. The van der Waals surface area contributed by atoms with Gasteiger partial charge in [0.2, 0.25) is 11.7 Å². The van der Waals surface area contributed by atoms with Crippen molar-refractivity contribution >= 4 is 0 Å². The van der Waals surface area contributed by atoms with E-state index in [9.17, 15) is 0 Å². The summed E-state index contributed by atoms with van der Waals surface area (Å²) in [6, 6.07) is 0. The average Bonchev–Trinajstić information content (AvgIpc) is 2.96. The summed E-state index contributed by atoms with van der Waals surface area (Å²) in [4.78, 5) is 8.27. The van der Waals surface area contributed by atoms with Crippen molar-refractivity contribution in [3.63, 3.8) is 0 Å². The van der Waals surface area contributed by atoms with Crippen LogP contribution in [0.2, 0.25) is 0 Å². The van der Waals surface area contributed by atoms with E-state index in [0.29, 0.717) is 29.6 Å². The second-order valence-electron chi connectivity index (χ2n) is 4.46. The smallest absolute Gasteiger partial charge is 0.239 e. The van der Waals surface area contributed by atoms with Crippen LogP contribution in [-0.4, -0.2) is 38.0 Å². The Morgan fingerprint density at radius 1 is 1.50 bits per heavy atom. The first-order valence-corrected chi connectivity index (χ1v) is 6.15. The van der Waals surface area contributed by atoms with Crippen LogP contribution in [0.5, 0.6) is 0 Å². The number of nitrogens with one attached hydrogen (secondary N) is 1. The highest BCUT2D eigenvalue weighted by Crippen LogP contribution is 2.32. The van der Waals surface area contributed by atoms with Gasteiger partial charge in [-0.1, -0.05) is 5.16 Å². The van der Waals surface area contributed by atoms with Crippen molar-refractivity contribution in [2.45, 2.75) is 32.3 Å². The summed E-state index contributed by atoms with van der Waals surface area (Å²) in [5, 5.41) is 10.3. The third kappa shape index (κ3) is 2.26. The van der Waals surface area contributed by atoms with E-state index in [2.05, 4.69) is 25.3 Å². The van der Waals surface area contributed by atoms with Crippen LogP contribution in [0, 0.1) is 5.92 Å². The summed E-state index contributed by atoms with van der Waals surface area (Å²) in [5.41, 5.74) is 0. The summed E-state index contributed by atoms with van der Waals surface area (Å²) in [6.45, 7) is 2.81. The summed E-state index contributed by atoms with van der Waals surface area (Å²) >= 11 is 0. The monoisotopic (exact) mass is 249 g/mol. The van der Waals surface area contributed by atoms with E-state index in [1.54, 1.807) is 0 Å².